The van der Waals surface area contributed by atoms with Crippen molar-refractivity contribution in [2.75, 3.05) is 13.2 Å². The van der Waals surface area contributed by atoms with E-state index < -0.39 is 18.4 Å². The second kappa shape index (κ2) is 3.47. The summed E-state index contributed by atoms with van der Waals surface area (Å²) in [5.41, 5.74) is 0. The molecule has 66 valence electrons. The van der Waals surface area contributed by atoms with Gasteiger partial charge >= 0.3 is 0 Å². The number of alkyl halides is 1. The first-order valence-corrected chi connectivity index (χ1v) is 3.71. The zero-order valence-electron chi connectivity index (χ0n) is 6.40. The first-order valence-electron chi connectivity index (χ1n) is 3.71. The van der Waals surface area contributed by atoms with Gasteiger partial charge in [-0.25, -0.2) is 4.39 Å². The van der Waals surface area contributed by atoms with Gasteiger partial charge in [-0.3, -0.25) is 0 Å². The maximum Gasteiger partial charge on any atom is 0.133 e. The highest BCUT2D eigenvalue weighted by molar-refractivity contribution is 4.84. The van der Waals surface area contributed by atoms with Crippen LogP contribution in [0.15, 0.2) is 0 Å². The van der Waals surface area contributed by atoms with Crippen molar-refractivity contribution in [3.63, 3.8) is 0 Å². The second-order valence-electron chi connectivity index (χ2n) is 2.97. The molecule has 4 heteroatoms. The van der Waals surface area contributed by atoms with E-state index in [1.54, 1.807) is 6.92 Å². The molecule has 1 aliphatic rings. The van der Waals surface area contributed by atoms with Crippen molar-refractivity contribution in [3.8, 4) is 0 Å². The van der Waals surface area contributed by atoms with E-state index in [1.165, 1.54) is 0 Å². The molecular formula is C7H13FO3. The van der Waals surface area contributed by atoms with Crippen molar-refractivity contribution < 1.29 is 19.3 Å². The largest absolute Gasteiger partial charge is 0.394 e. The number of aliphatic hydroxyl groups is 2. The van der Waals surface area contributed by atoms with Crippen LogP contribution in [0.2, 0.25) is 0 Å². The molecule has 1 rings (SSSR count). The van der Waals surface area contributed by atoms with E-state index in [1.807, 2.05) is 0 Å². The Morgan fingerprint density at radius 1 is 1.64 bits per heavy atom. The van der Waals surface area contributed by atoms with Crippen LogP contribution in [0.1, 0.15) is 6.92 Å². The fourth-order valence-corrected chi connectivity index (χ4v) is 1.17. The van der Waals surface area contributed by atoms with Gasteiger partial charge in [0.25, 0.3) is 0 Å². The van der Waals surface area contributed by atoms with Crippen molar-refractivity contribution >= 4 is 0 Å². The zero-order valence-corrected chi connectivity index (χ0v) is 6.40. The van der Waals surface area contributed by atoms with Gasteiger partial charge in [-0.1, -0.05) is 6.92 Å². The molecule has 4 atom stereocenters. The summed E-state index contributed by atoms with van der Waals surface area (Å²) in [7, 11) is 0. The molecule has 1 heterocycles. The summed E-state index contributed by atoms with van der Waals surface area (Å²) in [6.07, 6.45) is -3.20. The predicted octanol–water partition coefficient (Wildman–Crippen LogP) is -0.287. The van der Waals surface area contributed by atoms with E-state index in [0.717, 1.165) is 0 Å². The Balaban J connectivity index is 2.52. The molecule has 0 amide bonds. The molecule has 0 spiro atoms. The molecule has 0 radical (unpaired) electrons. The van der Waals surface area contributed by atoms with Gasteiger partial charge in [0.2, 0.25) is 0 Å². The fourth-order valence-electron chi connectivity index (χ4n) is 1.17. The number of hydrogen-bond acceptors (Lipinski definition) is 3. The van der Waals surface area contributed by atoms with Crippen molar-refractivity contribution in [2.45, 2.75) is 25.3 Å². The van der Waals surface area contributed by atoms with Gasteiger partial charge in [-0.15, -0.1) is 0 Å². The standard InChI is InChI=1S/C7H13FO3/c1-4-3-11-5(2-9)7(10)6(4)8/h4-7,9-10H,2-3H2,1H3. The lowest BCUT2D eigenvalue weighted by atomic mass is 9.95. The molecule has 1 saturated heterocycles. The van der Waals surface area contributed by atoms with Crippen LogP contribution >= 0.6 is 0 Å². The van der Waals surface area contributed by atoms with E-state index >= 15 is 0 Å². The minimum Gasteiger partial charge on any atom is -0.394 e. The monoisotopic (exact) mass is 164 g/mol. The molecule has 1 fully saturated rings. The molecule has 0 aromatic carbocycles. The number of ether oxygens (including phenoxy) is 1. The SMILES string of the molecule is CC1COC(CO)C(O)C1F. The topological polar surface area (TPSA) is 49.7 Å². The Hall–Kier alpha value is -0.190. The Labute approximate surface area is 64.8 Å². The van der Waals surface area contributed by atoms with Gasteiger partial charge in [0, 0.05) is 5.92 Å². The van der Waals surface area contributed by atoms with Gasteiger partial charge in [-0.2, -0.15) is 0 Å². The predicted molar refractivity (Wildman–Crippen MR) is 36.9 cm³/mol. The van der Waals surface area contributed by atoms with Crippen LogP contribution in [0.3, 0.4) is 0 Å². The van der Waals surface area contributed by atoms with Crippen molar-refractivity contribution in [1.82, 2.24) is 0 Å². The Bertz CT molecular complexity index is 129. The lowest BCUT2D eigenvalue weighted by molar-refractivity contribution is -0.149. The molecule has 1 aliphatic heterocycles. The van der Waals surface area contributed by atoms with Crippen molar-refractivity contribution in [2.24, 2.45) is 5.92 Å². The number of hydrogen-bond donors (Lipinski definition) is 2. The van der Waals surface area contributed by atoms with Gasteiger partial charge in [0.15, 0.2) is 0 Å². The van der Waals surface area contributed by atoms with Gasteiger partial charge in [0.05, 0.1) is 13.2 Å². The molecule has 0 aliphatic carbocycles. The summed E-state index contributed by atoms with van der Waals surface area (Å²) in [4.78, 5) is 0. The highest BCUT2D eigenvalue weighted by atomic mass is 19.1. The Kier molecular flexibility index (Phi) is 2.81. The lowest BCUT2D eigenvalue weighted by Crippen LogP contribution is -2.48. The van der Waals surface area contributed by atoms with Crippen LogP contribution in [0, 0.1) is 5.92 Å². The molecule has 0 aromatic heterocycles. The minimum atomic E-state index is -1.28. The van der Waals surface area contributed by atoms with Crippen molar-refractivity contribution in [3.05, 3.63) is 0 Å². The molecule has 0 saturated carbocycles. The van der Waals surface area contributed by atoms with Gasteiger partial charge in [-0.05, 0) is 0 Å². The summed E-state index contributed by atoms with van der Waals surface area (Å²) in [5, 5.41) is 17.8. The quantitative estimate of drug-likeness (QED) is 0.560. The third-order valence-corrected chi connectivity index (χ3v) is 2.00. The molecule has 3 nitrogen and oxygen atoms in total. The molecule has 4 unspecified atom stereocenters. The van der Waals surface area contributed by atoms with Crippen LogP contribution in [0.25, 0.3) is 0 Å². The molecule has 0 bridgehead atoms. The lowest BCUT2D eigenvalue weighted by Gasteiger charge is -2.33. The van der Waals surface area contributed by atoms with Gasteiger partial charge in [0.1, 0.15) is 18.4 Å². The molecule has 11 heavy (non-hydrogen) atoms. The number of aliphatic hydroxyl groups excluding tert-OH is 2. The average Bonchev–Trinajstić information content (AvgIpc) is 2.01. The smallest absolute Gasteiger partial charge is 0.133 e. The molecular weight excluding hydrogens is 151 g/mol. The van der Waals surface area contributed by atoms with Crippen LogP contribution in [0.4, 0.5) is 4.39 Å². The minimum absolute atomic E-state index is 0.267. The van der Waals surface area contributed by atoms with Crippen LogP contribution in [-0.4, -0.2) is 41.8 Å². The van der Waals surface area contributed by atoms with Crippen LogP contribution < -0.4 is 0 Å². The molecule has 2 N–H and O–H groups in total. The summed E-state index contributed by atoms with van der Waals surface area (Å²) in [5.74, 6) is -0.284. The third kappa shape index (κ3) is 1.69. The maximum absolute atomic E-state index is 13.0. The van der Waals surface area contributed by atoms with E-state index in [0.29, 0.717) is 0 Å². The van der Waals surface area contributed by atoms with E-state index in [-0.39, 0.29) is 19.1 Å². The highest BCUT2D eigenvalue weighted by Crippen LogP contribution is 2.22. The highest BCUT2D eigenvalue weighted by Gasteiger charge is 2.36. The summed E-state index contributed by atoms with van der Waals surface area (Å²) in [6.45, 7) is 1.61. The van der Waals surface area contributed by atoms with E-state index in [2.05, 4.69) is 0 Å². The number of rotatable bonds is 1. The Morgan fingerprint density at radius 2 is 2.27 bits per heavy atom. The maximum atomic E-state index is 13.0. The molecule has 0 aromatic rings. The van der Waals surface area contributed by atoms with Crippen LogP contribution in [0.5, 0.6) is 0 Å². The average molecular weight is 164 g/mol. The fraction of sp³-hybridized carbons (Fsp3) is 1.00. The normalized spacial score (nSPS) is 45.8. The summed E-state index contributed by atoms with van der Waals surface area (Å²) >= 11 is 0. The summed E-state index contributed by atoms with van der Waals surface area (Å²) in [6, 6.07) is 0. The van der Waals surface area contributed by atoms with Gasteiger partial charge < -0.3 is 14.9 Å². The van der Waals surface area contributed by atoms with E-state index in [9.17, 15) is 4.39 Å². The zero-order chi connectivity index (χ0) is 8.43. The van der Waals surface area contributed by atoms with Crippen molar-refractivity contribution in [1.29, 1.82) is 0 Å². The first kappa shape index (κ1) is 8.90. The summed E-state index contributed by atoms with van der Waals surface area (Å²) < 4.78 is 17.9. The first-order chi connectivity index (χ1) is 5.16. The third-order valence-electron chi connectivity index (χ3n) is 2.00. The van der Waals surface area contributed by atoms with Crippen LogP contribution in [-0.2, 0) is 4.74 Å². The van der Waals surface area contributed by atoms with E-state index in [4.69, 9.17) is 14.9 Å². The second-order valence-corrected chi connectivity index (χ2v) is 2.97. The number of halogens is 1. The Morgan fingerprint density at radius 3 is 2.82 bits per heavy atom.